The predicted octanol–water partition coefficient (Wildman–Crippen LogP) is 23.5. The lowest BCUT2D eigenvalue weighted by Crippen LogP contribution is -2.74. The molecule has 4 rings (SSSR count). The van der Waals surface area contributed by atoms with Gasteiger partial charge in [0.25, 0.3) is 0 Å². The summed E-state index contributed by atoms with van der Waals surface area (Å²) in [4.78, 5) is 0. The molecule has 4 nitrogen and oxygen atoms in total. The van der Waals surface area contributed by atoms with E-state index in [2.05, 4.69) is 149 Å². The molecule has 4 heteroatoms. The predicted molar refractivity (Wildman–Crippen MR) is 351 cm³/mol. The molecule has 4 aromatic carbocycles. The average molecular weight is 1110 g/mol. The first-order chi connectivity index (χ1) is 39.9. The van der Waals surface area contributed by atoms with Crippen molar-refractivity contribution < 1.29 is 19.7 Å². The van der Waals surface area contributed by atoms with Gasteiger partial charge in [-0.25, -0.2) is 0 Å². The Hall–Kier alpha value is -3.44. The molecule has 4 aromatic rings. The molecule has 456 valence electrons. The fourth-order valence-electron chi connectivity index (χ4n) is 13.9. The number of hydrogen-bond donors (Lipinski definition) is 2. The maximum atomic E-state index is 15.4. The monoisotopic (exact) mass is 1110 g/mol. The Morgan fingerprint density at radius 1 is 0.309 bits per heavy atom. The summed E-state index contributed by atoms with van der Waals surface area (Å²) in [5, 5.41) is 29.2. The number of aliphatic hydroxyl groups is 2. The van der Waals surface area contributed by atoms with Crippen molar-refractivity contribution in [3.63, 3.8) is 0 Å². The molecule has 2 unspecified atom stereocenters. The average Bonchev–Trinajstić information content (AvgIpc) is 3.16. The van der Waals surface area contributed by atoms with Crippen LogP contribution in [0, 0.1) is 5.41 Å². The highest BCUT2D eigenvalue weighted by Gasteiger charge is 2.74. The number of para-hydroxylation sites is 1. The number of aliphatic hydroxyl groups excluding tert-OH is 1. The third-order valence-electron chi connectivity index (χ3n) is 18.6. The van der Waals surface area contributed by atoms with Crippen molar-refractivity contribution >= 4 is 0 Å². The van der Waals surface area contributed by atoms with E-state index in [0.717, 1.165) is 80.2 Å². The minimum atomic E-state index is -1.79. The van der Waals surface area contributed by atoms with Crippen LogP contribution in [0.3, 0.4) is 0 Å². The Morgan fingerprint density at radius 2 is 0.580 bits per heavy atom. The lowest BCUT2D eigenvalue weighted by atomic mass is 9.46. The van der Waals surface area contributed by atoms with Crippen LogP contribution in [-0.2, 0) is 15.9 Å². The fourth-order valence-corrected chi connectivity index (χ4v) is 13.9. The molecule has 0 radical (unpaired) electrons. The van der Waals surface area contributed by atoms with Crippen LogP contribution in [0.25, 0.3) is 0 Å². The maximum Gasteiger partial charge on any atom is 0.148 e. The normalized spacial score (nSPS) is 13.6. The molecule has 2 N–H and O–H groups in total. The highest BCUT2D eigenvalue weighted by atomic mass is 16.5. The van der Waals surface area contributed by atoms with Gasteiger partial charge < -0.3 is 19.7 Å². The highest BCUT2D eigenvalue weighted by molar-refractivity contribution is 5.46. The van der Waals surface area contributed by atoms with Gasteiger partial charge in [0.15, 0.2) is 0 Å². The van der Waals surface area contributed by atoms with E-state index in [9.17, 15) is 5.11 Å². The van der Waals surface area contributed by atoms with Crippen LogP contribution in [0.5, 0.6) is 5.75 Å². The third-order valence-corrected chi connectivity index (χ3v) is 18.6. The molecule has 0 heterocycles. The van der Waals surface area contributed by atoms with E-state index < -0.39 is 22.2 Å². The summed E-state index contributed by atoms with van der Waals surface area (Å²) in [6.07, 6.45) is 51.3. The standard InChI is InChI=1S/C77H124O4/c1-5-9-13-17-21-25-29-33-37-53-65-74(66-54-38-34-30-26-22-18-14-10-6-2,80-68-56-40-36-32-28-24-20-16-12-8-4)76(69-78,77(79,71-59-47-42-48-60-71)72-61-49-43-50-62-72)75(70-57-45-41-46-58-70,81-73-63-51-44-52-64-73)67-55-39-35-31-27-23-19-15-11-7-3/h41-52,57-64,78-79H,5-40,53-56,65-69H2,1-4H3. The molecule has 0 aliphatic heterocycles. The molecular formula is C77H124O4. The van der Waals surface area contributed by atoms with Crippen molar-refractivity contribution in [2.24, 2.45) is 5.41 Å². The van der Waals surface area contributed by atoms with E-state index in [1.165, 1.54) is 199 Å². The SMILES string of the molecule is CCCCCCCCCCCCOC(CCCCCCCCCCCC)(CCCCCCCCCCCC)C(CO)(C(CCCCCCCCCCCC)(Oc1ccccc1)c1ccccc1)C(O)(c1ccccc1)c1ccccc1. The van der Waals surface area contributed by atoms with Gasteiger partial charge in [-0.3, -0.25) is 0 Å². The van der Waals surface area contributed by atoms with Gasteiger partial charge in [-0.05, 0) is 60.9 Å². The fraction of sp³-hybridized carbons (Fsp3) is 0.688. The van der Waals surface area contributed by atoms with Crippen molar-refractivity contribution in [3.8, 4) is 5.75 Å². The molecule has 0 fully saturated rings. The summed E-state index contributed by atoms with van der Waals surface area (Å²) in [7, 11) is 0. The van der Waals surface area contributed by atoms with E-state index in [4.69, 9.17) is 9.47 Å². The zero-order chi connectivity index (χ0) is 57.7. The van der Waals surface area contributed by atoms with Crippen molar-refractivity contribution in [2.45, 2.75) is 321 Å². The zero-order valence-electron chi connectivity index (χ0n) is 53.1. The summed E-state index contributed by atoms with van der Waals surface area (Å²) in [5.41, 5.74) is -3.07. The van der Waals surface area contributed by atoms with E-state index in [1.807, 2.05) is 0 Å². The van der Waals surface area contributed by atoms with E-state index in [1.54, 1.807) is 0 Å². The first-order valence-corrected chi connectivity index (χ1v) is 34.8. The highest BCUT2D eigenvalue weighted by Crippen LogP contribution is 2.66. The Morgan fingerprint density at radius 3 is 0.901 bits per heavy atom. The van der Waals surface area contributed by atoms with E-state index in [0.29, 0.717) is 25.9 Å². The minimum absolute atomic E-state index is 0.347. The molecule has 0 bridgehead atoms. The molecule has 0 amide bonds. The van der Waals surface area contributed by atoms with Crippen LogP contribution in [0.15, 0.2) is 121 Å². The molecule has 0 saturated carbocycles. The van der Waals surface area contributed by atoms with E-state index >= 15 is 5.11 Å². The van der Waals surface area contributed by atoms with Crippen molar-refractivity contribution in [2.75, 3.05) is 13.2 Å². The van der Waals surface area contributed by atoms with Crippen LogP contribution < -0.4 is 4.74 Å². The van der Waals surface area contributed by atoms with Crippen LogP contribution in [0.4, 0.5) is 0 Å². The number of unbranched alkanes of at least 4 members (excludes halogenated alkanes) is 36. The first-order valence-electron chi connectivity index (χ1n) is 34.8. The number of hydrogen-bond acceptors (Lipinski definition) is 4. The van der Waals surface area contributed by atoms with Gasteiger partial charge in [0.2, 0.25) is 0 Å². The smallest absolute Gasteiger partial charge is 0.148 e. The van der Waals surface area contributed by atoms with Crippen LogP contribution in [0.2, 0.25) is 0 Å². The molecule has 0 spiro atoms. The summed E-state index contributed by atoms with van der Waals surface area (Å²) in [5.74, 6) is 0.746. The second kappa shape index (κ2) is 44.1. The summed E-state index contributed by atoms with van der Waals surface area (Å²) < 4.78 is 16.3. The number of rotatable bonds is 54. The quantitative estimate of drug-likeness (QED) is 0.0433. The Kier molecular flexibility index (Phi) is 38.1. The van der Waals surface area contributed by atoms with Gasteiger partial charge in [0.1, 0.15) is 22.4 Å². The summed E-state index contributed by atoms with van der Waals surface area (Å²) >= 11 is 0. The zero-order valence-corrected chi connectivity index (χ0v) is 53.1. The van der Waals surface area contributed by atoms with Crippen molar-refractivity contribution in [1.29, 1.82) is 0 Å². The number of benzene rings is 4. The van der Waals surface area contributed by atoms with Crippen molar-refractivity contribution in [1.82, 2.24) is 0 Å². The topological polar surface area (TPSA) is 58.9 Å². The Bertz CT molecular complexity index is 1940. The molecule has 2 atom stereocenters. The first kappa shape index (κ1) is 70.0. The van der Waals surface area contributed by atoms with Crippen LogP contribution in [-0.4, -0.2) is 29.0 Å². The van der Waals surface area contributed by atoms with Gasteiger partial charge >= 0.3 is 0 Å². The number of ether oxygens (including phenoxy) is 2. The van der Waals surface area contributed by atoms with Gasteiger partial charge in [0, 0.05) is 6.61 Å². The molecule has 81 heavy (non-hydrogen) atoms. The summed E-state index contributed by atoms with van der Waals surface area (Å²) in [6.45, 7) is 9.44. The van der Waals surface area contributed by atoms with Gasteiger partial charge in [-0.1, -0.05) is 381 Å². The van der Waals surface area contributed by atoms with Gasteiger partial charge in [-0.15, -0.1) is 0 Å². The van der Waals surface area contributed by atoms with E-state index in [-0.39, 0.29) is 6.61 Å². The molecular weight excluding hydrogens is 989 g/mol. The molecule has 0 saturated heterocycles. The second-order valence-corrected chi connectivity index (χ2v) is 24.9. The lowest BCUT2D eigenvalue weighted by molar-refractivity contribution is -0.302. The minimum Gasteiger partial charge on any atom is -0.482 e. The van der Waals surface area contributed by atoms with Gasteiger partial charge in [-0.2, -0.15) is 0 Å². The van der Waals surface area contributed by atoms with Gasteiger partial charge in [0.05, 0.1) is 12.2 Å². The lowest BCUT2D eigenvalue weighted by Gasteiger charge is -2.65. The Labute approximate surface area is 500 Å². The molecule has 0 aliphatic carbocycles. The van der Waals surface area contributed by atoms with Crippen LogP contribution >= 0.6 is 0 Å². The van der Waals surface area contributed by atoms with Crippen LogP contribution in [0.1, 0.15) is 320 Å². The maximum absolute atomic E-state index is 15.4. The largest absolute Gasteiger partial charge is 0.482 e. The summed E-state index contributed by atoms with van der Waals surface area (Å²) in [6, 6.07) is 42.2. The second-order valence-electron chi connectivity index (χ2n) is 24.9. The Balaban J connectivity index is 2.00. The third kappa shape index (κ3) is 23.5. The molecule has 0 aromatic heterocycles. The van der Waals surface area contributed by atoms with Crippen molar-refractivity contribution in [3.05, 3.63) is 138 Å². The molecule has 0 aliphatic rings.